The van der Waals surface area contributed by atoms with E-state index < -0.39 is 0 Å². The normalized spacial score (nSPS) is 10.5. The summed E-state index contributed by atoms with van der Waals surface area (Å²) in [5.74, 6) is -0.151. The molecule has 2 aromatic heterocycles. The Balaban J connectivity index is 2.00. The van der Waals surface area contributed by atoms with E-state index in [0.717, 1.165) is 5.69 Å². The number of nitrogen functional groups attached to an aromatic ring is 1. The van der Waals surface area contributed by atoms with Crippen LogP contribution in [0, 0.1) is 6.92 Å². The summed E-state index contributed by atoms with van der Waals surface area (Å²) in [6, 6.07) is 0. The van der Waals surface area contributed by atoms with Crippen molar-refractivity contribution >= 4 is 22.4 Å². The van der Waals surface area contributed by atoms with Crippen LogP contribution in [-0.4, -0.2) is 20.7 Å². The summed E-state index contributed by atoms with van der Waals surface area (Å²) in [7, 11) is 1.78. The molecular formula is C10H13N5OS. The summed E-state index contributed by atoms with van der Waals surface area (Å²) in [5.41, 5.74) is 7.56. The van der Waals surface area contributed by atoms with Crippen LogP contribution in [0.15, 0.2) is 11.6 Å². The van der Waals surface area contributed by atoms with E-state index in [1.807, 2.05) is 5.38 Å². The molecule has 0 radical (unpaired) electrons. The first kappa shape index (κ1) is 11.6. The third-order valence-corrected chi connectivity index (χ3v) is 2.98. The summed E-state index contributed by atoms with van der Waals surface area (Å²) in [4.78, 5) is 15.9. The Morgan fingerprint density at radius 3 is 2.94 bits per heavy atom. The van der Waals surface area contributed by atoms with Crippen molar-refractivity contribution in [3.8, 4) is 0 Å². The lowest BCUT2D eigenvalue weighted by atomic mass is 10.2. The van der Waals surface area contributed by atoms with Gasteiger partial charge in [-0.2, -0.15) is 5.10 Å². The van der Waals surface area contributed by atoms with Gasteiger partial charge in [0, 0.05) is 18.6 Å². The number of anilines is 1. The molecular weight excluding hydrogens is 238 g/mol. The number of nitrogens with one attached hydrogen (secondary N) is 1. The Kier molecular flexibility index (Phi) is 3.10. The third-order valence-electron chi connectivity index (χ3n) is 2.26. The van der Waals surface area contributed by atoms with Crippen LogP contribution >= 0.6 is 11.3 Å². The van der Waals surface area contributed by atoms with Gasteiger partial charge in [-0.3, -0.25) is 9.48 Å². The second kappa shape index (κ2) is 4.54. The Labute approximate surface area is 102 Å². The van der Waals surface area contributed by atoms with Crippen molar-refractivity contribution in [3.63, 3.8) is 0 Å². The highest BCUT2D eigenvalue weighted by Gasteiger charge is 2.12. The van der Waals surface area contributed by atoms with Gasteiger partial charge in [-0.05, 0) is 6.92 Å². The predicted molar refractivity (Wildman–Crippen MR) is 65.6 cm³/mol. The number of hydrogen-bond donors (Lipinski definition) is 2. The van der Waals surface area contributed by atoms with Crippen LogP contribution in [0.3, 0.4) is 0 Å². The lowest BCUT2D eigenvalue weighted by Gasteiger charge is -2.01. The molecule has 0 spiro atoms. The first-order valence-corrected chi connectivity index (χ1v) is 5.92. The zero-order valence-corrected chi connectivity index (χ0v) is 10.4. The number of aromatic nitrogens is 3. The molecule has 1 amide bonds. The number of nitrogens with zero attached hydrogens (tertiary/aromatic N) is 3. The number of hydrogen-bond acceptors (Lipinski definition) is 5. The molecule has 2 heterocycles. The standard InChI is InChI=1S/C10H13N5OS/c1-6-8(4-15(2)14-6)9(16)12-3-7-5-17-10(11)13-7/h4-5H,3H2,1-2H3,(H2,11,13)(H,12,16). The molecule has 6 nitrogen and oxygen atoms in total. The minimum Gasteiger partial charge on any atom is -0.375 e. The second-order valence-corrected chi connectivity index (χ2v) is 4.55. The van der Waals surface area contributed by atoms with Crippen LogP contribution < -0.4 is 11.1 Å². The fourth-order valence-electron chi connectivity index (χ4n) is 1.49. The van der Waals surface area contributed by atoms with Gasteiger partial charge in [0.1, 0.15) is 0 Å². The summed E-state index contributed by atoms with van der Waals surface area (Å²) >= 11 is 1.36. The van der Waals surface area contributed by atoms with Crippen LogP contribution in [0.1, 0.15) is 21.7 Å². The highest BCUT2D eigenvalue weighted by atomic mass is 32.1. The number of amides is 1. The van der Waals surface area contributed by atoms with Gasteiger partial charge in [0.15, 0.2) is 5.13 Å². The van der Waals surface area contributed by atoms with E-state index in [4.69, 9.17) is 5.73 Å². The molecule has 0 atom stereocenters. The van der Waals surface area contributed by atoms with Crippen molar-refractivity contribution < 1.29 is 4.79 Å². The van der Waals surface area contributed by atoms with E-state index in [2.05, 4.69) is 15.4 Å². The summed E-state index contributed by atoms with van der Waals surface area (Å²) in [6.45, 7) is 2.18. The molecule has 17 heavy (non-hydrogen) atoms. The maximum absolute atomic E-state index is 11.8. The molecule has 0 unspecified atom stereocenters. The third kappa shape index (κ3) is 2.62. The SMILES string of the molecule is Cc1nn(C)cc1C(=O)NCc1csc(N)n1. The van der Waals surface area contributed by atoms with Crippen LogP contribution in [-0.2, 0) is 13.6 Å². The molecule has 3 N–H and O–H groups in total. The second-order valence-electron chi connectivity index (χ2n) is 3.66. The molecule has 0 bridgehead atoms. The number of carbonyl (C=O) groups excluding carboxylic acids is 1. The van der Waals surface area contributed by atoms with Gasteiger partial charge in [-0.1, -0.05) is 0 Å². The maximum Gasteiger partial charge on any atom is 0.255 e. The van der Waals surface area contributed by atoms with Gasteiger partial charge in [-0.15, -0.1) is 11.3 Å². The molecule has 7 heteroatoms. The zero-order chi connectivity index (χ0) is 12.4. The van der Waals surface area contributed by atoms with E-state index >= 15 is 0 Å². The quantitative estimate of drug-likeness (QED) is 0.840. The lowest BCUT2D eigenvalue weighted by Crippen LogP contribution is -2.23. The van der Waals surface area contributed by atoms with Gasteiger partial charge in [0.2, 0.25) is 0 Å². The molecule has 0 saturated carbocycles. The van der Waals surface area contributed by atoms with Crippen molar-refractivity contribution in [3.05, 3.63) is 28.5 Å². The van der Waals surface area contributed by atoms with Gasteiger partial charge in [-0.25, -0.2) is 4.98 Å². The Morgan fingerprint density at radius 1 is 1.65 bits per heavy atom. The van der Waals surface area contributed by atoms with Crippen LogP contribution in [0.5, 0.6) is 0 Å². The minimum atomic E-state index is -0.151. The van der Waals surface area contributed by atoms with Crippen LogP contribution in [0.2, 0.25) is 0 Å². The van der Waals surface area contributed by atoms with Gasteiger partial charge < -0.3 is 11.1 Å². The smallest absolute Gasteiger partial charge is 0.255 e. The number of rotatable bonds is 3. The maximum atomic E-state index is 11.8. The first-order chi connectivity index (χ1) is 8.06. The molecule has 0 saturated heterocycles. The molecule has 0 aliphatic rings. The number of carbonyl (C=O) groups is 1. The van der Waals surface area contributed by atoms with Crippen molar-refractivity contribution in [1.82, 2.24) is 20.1 Å². The van der Waals surface area contributed by atoms with Crippen molar-refractivity contribution in [2.75, 3.05) is 5.73 Å². The summed E-state index contributed by atoms with van der Waals surface area (Å²) in [6.07, 6.45) is 1.69. The van der Waals surface area contributed by atoms with Gasteiger partial charge in [0.25, 0.3) is 5.91 Å². The number of nitrogens with two attached hydrogens (primary N) is 1. The molecule has 2 rings (SSSR count). The van der Waals surface area contributed by atoms with E-state index in [0.29, 0.717) is 22.9 Å². The first-order valence-electron chi connectivity index (χ1n) is 5.04. The average Bonchev–Trinajstić information content (AvgIpc) is 2.81. The average molecular weight is 251 g/mol. The monoisotopic (exact) mass is 251 g/mol. The molecule has 0 fully saturated rings. The van der Waals surface area contributed by atoms with E-state index in [1.54, 1.807) is 24.9 Å². The summed E-state index contributed by atoms with van der Waals surface area (Å²) < 4.78 is 1.62. The Morgan fingerprint density at radius 2 is 2.41 bits per heavy atom. The van der Waals surface area contributed by atoms with E-state index in [1.165, 1.54) is 11.3 Å². The predicted octanol–water partition coefficient (Wildman–Crippen LogP) is 0.697. The Hall–Kier alpha value is -1.89. The fourth-order valence-corrected chi connectivity index (χ4v) is 2.06. The van der Waals surface area contributed by atoms with E-state index in [9.17, 15) is 4.79 Å². The molecule has 0 aliphatic heterocycles. The van der Waals surface area contributed by atoms with Crippen LogP contribution in [0.25, 0.3) is 0 Å². The van der Waals surface area contributed by atoms with Crippen molar-refractivity contribution in [2.45, 2.75) is 13.5 Å². The van der Waals surface area contributed by atoms with E-state index in [-0.39, 0.29) is 5.91 Å². The lowest BCUT2D eigenvalue weighted by molar-refractivity contribution is 0.0950. The van der Waals surface area contributed by atoms with Gasteiger partial charge >= 0.3 is 0 Å². The van der Waals surface area contributed by atoms with Gasteiger partial charge in [0.05, 0.1) is 23.5 Å². The minimum absolute atomic E-state index is 0.151. The summed E-state index contributed by atoms with van der Waals surface area (Å²) in [5, 5.41) is 9.22. The fraction of sp³-hybridized carbons (Fsp3) is 0.300. The highest BCUT2D eigenvalue weighted by Crippen LogP contribution is 2.11. The number of thiazole rings is 1. The Bertz CT molecular complexity index is 545. The highest BCUT2D eigenvalue weighted by molar-refractivity contribution is 7.13. The molecule has 90 valence electrons. The van der Waals surface area contributed by atoms with Crippen LogP contribution in [0.4, 0.5) is 5.13 Å². The molecule has 0 aliphatic carbocycles. The van der Waals surface area contributed by atoms with Crippen molar-refractivity contribution in [1.29, 1.82) is 0 Å². The molecule has 0 aromatic carbocycles. The largest absolute Gasteiger partial charge is 0.375 e. The topological polar surface area (TPSA) is 85.8 Å². The zero-order valence-electron chi connectivity index (χ0n) is 9.60. The van der Waals surface area contributed by atoms with Crippen molar-refractivity contribution in [2.24, 2.45) is 7.05 Å². The molecule has 2 aromatic rings. The number of aryl methyl sites for hydroxylation is 2.